The van der Waals surface area contributed by atoms with Gasteiger partial charge in [-0.3, -0.25) is 9.59 Å². The number of hydrogen-bond donors (Lipinski definition) is 2. The van der Waals surface area contributed by atoms with Gasteiger partial charge in [0.15, 0.2) is 6.10 Å². The van der Waals surface area contributed by atoms with Crippen LogP contribution in [0.1, 0.15) is 17.3 Å². The number of benzene rings is 2. The van der Waals surface area contributed by atoms with Crippen LogP contribution in [0.2, 0.25) is 5.02 Å². The Hall–Kier alpha value is -2.53. The molecule has 22 heavy (non-hydrogen) atoms. The van der Waals surface area contributed by atoms with Crippen LogP contribution in [0.15, 0.2) is 48.5 Å². The summed E-state index contributed by atoms with van der Waals surface area (Å²) in [7, 11) is 0. The summed E-state index contributed by atoms with van der Waals surface area (Å²) in [5.74, 6) is -0.401. The summed E-state index contributed by atoms with van der Waals surface area (Å²) in [6.45, 7) is 1.62. The number of carbonyl (C=O) groups excluding carboxylic acids is 2. The molecule has 2 rings (SSSR count). The molecule has 0 bridgehead atoms. The number of anilines is 1. The first kappa shape index (κ1) is 15.9. The molecule has 0 saturated heterocycles. The van der Waals surface area contributed by atoms with Gasteiger partial charge in [-0.15, -0.1) is 0 Å². The Balaban J connectivity index is 2.02. The van der Waals surface area contributed by atoms with Gasteiger partial charge < -0.3 is 15.8 Å². The number of ether oxygens (including phenoxy) is 1. The lowest BCUT2D eigenvalue weighted by atomic mass is 10.2. The van der Waals surface area contributed by atoms with Crippen LogP contribution < -0.4 is 15.8 Å². The molecule has 114 valence electrons. The number of rotatable bonds is 5. The lowest BCUT2D eigenvalue weighted by Gasteiger charge is -2.15. The van der Waals surface area contributed by atoms with E-state index in [9.17, 15) is 9.59 Å². The second-order valence-electron chi connectivity index (χ2n) is 4.65. The van der Waals surface area contributed by atoms with Crippen molar-refractivity contribution in [1.82, 2.24) is 0 Å². The van der Waals surface area contributed by atoms with E-state index >= 15 is 0 Å². The van der Waals surface area contributed by atoms with Crippen molar-refractivity contribution in [1.29, 1.82) is 0 Å². The van der Waals surface area contributed by atoms with E-state index < -0.39 is 12.0 Å². The molecule has 1 atom stereocenters. The third-order valence-corrected chi connectivity index (χ3v) is 3.13. The average molecular weight is 319 g/mol. The Morgan fingerprint density at radius 3 is 2.59 bits per heavy atom. The van der Waals surface area contributed by atoms with Crippen LogP contribution in [-0.4, -0.2) is 17.9 Å². The summed E-state index contributed by atoms with van der Waals surface area (Å²) < 4.78 is 5.52. The first-order chi connectivity index (χ1) is 10.5. The normalized spacial score (nSPS) is 11.5. The van der Waals surface area contributed by atoms with Crippen molar-refractivity contribution in [3.8, 4) is 5.75 Å². The number of carbonyl (C=O) groups is 2. The number of nitrogens with two attached hydrogens (primary N) is 1. The van der Waals surface area contributed by atoms with Crippen molar-refractivity contribution in [2.24, 2.45) is 5.73 Å². The molecule has 0 unspecified atom stereocenters. The highest BCUT2D eigenvalue weighted by Gasteiger charge is 2.15. The molecule has 2 amide bonds. The van der Waals surface area contributed by atoms with E-state index in [4.69, 9.17) is 22.1 Å². The quantitative estimate of drug-likeness (QED) is 0.889. The zero-order chi connectivity index (χ0) is 16.1. The van der Waals surface area contributed by atoms with Gasteiger partial charge in [-0.05, 0) is 43.3 Å². The number of amides is 2. The Kier molecular flexibility index (Phi) is 5.01. The molecule has 0 aliphatic rings. The molecular formula is C16H15ClN2O3. The molecule has 0 spiro atoms. The summed E-state index contributed by atoms with van der Waals surface area (Å²) in [5.41, 5.74) is 6.00. The zero-order valence-electron chi connectivity index (χ0n) is 11.9. The van der Waals surface area contributed by atoms with Crippen LogP contribution in [0.25, 0.3) is 0 Å². The molecule has 0 aliphatic carbocycles. The summed E-state index contributed by atoms with van der Waals surface area (Å²) in [4.78, 5) is 23.2. The van der Waals surface area contributed by atoms with Gasteiger partial charge in [0.2, 0.25) is 5.91 Å². The second-order valence-corrected chi connectivity index (χ2v) is 5.09. The van der Waals surface area contributed by atoms with Crippen LogP contribution in [-0.2, 0) is 4.79 Å². The number of nitrogens with one attached hydrogen (secondary N) is 1. The van der Waals surface area contributed by atoms with E-state index in [1.807, 2.05) is 0 Å². The topological polar surface area (TPSA) is 81.4 Å². The molecule has 6 heteroatoms. The fourth-order valence-electron chi connectivity index (χ4n) is 1.79. The van der Waals surface area contributed by atoms with Gasteiger partial charge in [0.1, 0.15) is 5.75 Å². The van der Waals surface area contributed by atoms with Gasteiger partial charge in [-0.1, -0.05) is 23.7 Å². The smallest absolute Gasteiger partial charge is 0.265 e. The van der Waals surface area contributed by atoms with E-state index in [0.29, 0.717) is 22.0 Å². The third kappa shape index (κ3) is 4.23. The van der Waals surface area contributed by atoms with Crippen LogP contribution in [0.3, 0.4) is 0 Å². The zero-order valence-corrected chi connectivity index (χ0v) is 12.6. The largest absolute Gasteiger partial charge is 0.481 e. The van der Waals surface area contributed by atoms with Gasteiger partial charge in [-0.25, -0.2) is 0 Å². The minimum Gasteiger partial charge on any atom is -0.481 e. The van der Waals surface area contributed by atoms with Crippen LogP contribution >= 0.6 is 11.6 Å². The molecule has 0 radical (unpaired) electrons. The Morgan fingerprint density at radius 2 is 1.91 bits per heavy atom. The van der Waals surface area contributed by atoms with Crippen LogP contribution in [0, 0.1) is 0 Å². The van der Waals surface area contributed by atoms with E-state index in [1.165, 1.54) is 6.07 Å². The van der Waals surface area contributed by atoms with E-state index in [-0.39, 0.29) is 5.91 Å². The Bertz CT molecular complexity index is 703. The Labute approximate surface area is 133 Å². The van der Waals surface area contributed by atoms with Crippen LogP contribution in [0.5, 0.6) is 5.75 Å². The maximum Gasteiger partial charge on any atom is 0.265 e. The SMILES string of the molecule is C[C@@H](Oc1cccc(Cl)c1)C(=O)Nc1cccc(C(N)=O)c1. The van der Waals surface area contributed by atoms with Gasteiger partial charge in [0.25, 0.3) is 5.91 Å². The molecular weight excluding hydrogens is 304 g/mol. The maximum atomic E-state index is 12.1. The molecule has 2 aromatic rings. The highest BCUT2D eigenvalue weighted by Crippen LogP contribution is 2.19. The average Bonchev–Trinajstić information content (AvgIpc) is 2.47. The molecule has 2 aromatic carbocycles. The number of primary amides is 1. The van der Waals surface area contributed by atoms with Gasteiger partial charge in [-0.2, -0.15) is 0 Å². The number of hydrogen-bond acceptors (Lipinski definition) is 3. The summed E-state index contributed by atoms with van der Waals surface area (Å²) in [5, 5.41) is 3.19. The highest BCUT2D eigenvalue weighted by atomic mass is 35.5. The van der Waals surface area contributed by atoms with Crippen molar-refractivity contribution >= 4 is 29.1 Å². The second kappa shape index (κ2) is 6.95. The predicted octanol–water partition coefficient (Wildman–Crippen LogP) is 2.84. The summed E-state index contributed by atoms with van der Waals surface area (Å²) >= 11 is 5.86. The maximum absolute atomic E-state index is 12.1. The van der Waals surface area contributed by atoms with Crippen molar-refractivity contribution in [3.05, 3.63) is 59.1 Å². The fraction of sp³-hybridized carbons (Fsp3) is 0.125. The van der Waals surface area contributed by atoms with Crippen molar-refractivity contribution < 1.29 is 14.3 Å². The molecule has 3 N–H and O–H groups in total. The lowest BCUT2D eigenvalue weighted by Crippen LogP contribution is -2.30. The first-order valence-electron chi connectivity index (χ1n) is 6.58. The molecule has 5 nitrogen and oxygen atoms in total. The van der Waals surface area contributed by atoms with E-state index in [0.717, 1.165) is 0 Å². The molecule has 0 saturated carbocycles. The van der Waals surface area contributed by atoms with Gasteiger partial charge in [0, 0.05) is 16.3 Å². The van der Waals surface area contributed by atoms with Crippen molar-refractivity contribution in [3.63, 3.8) is 0 Å². The lowest BCUT2D eigenvalue weighted by molar-refractivity contribution is -0.122. The minimum atomic E-state index is -0.726. The predicted molar refractivity (Wildman–Crippen MR) is 85.1 cm³/mol. The monoisotopic (exact) mass is 318 g/mol. The van der Waals surface area contributed by atoms with E-state index in [2.05, 4.69) is 5.32 Å². The molecule has 0 aliphatic heterocycles. The Morgan fingerprint density at radius 1 is 1.18 bits per heavy atom. The van der Waals surface area contributed by atoms with Crippen molar-refractivity contribution in [2.45, 2.75) is 13.0 Å². The van der Waals surface area contributed by atoms with Gasteiger partial charge in [0.05, 0.1) is 0 Å². The minimum absolute atomic E-state index is 0.321. The van der Waals surface area contributed by atoms with Crippen molar-refractivity contribution in [2.75, 3.05) is 5.32 Å². The van der Waals surface area contributed by atoms with E-state index in [1.54, 1.807) is 49.4 Å². The third-order valence-electron chi connectivity index (χ3n) is 2.89. The first-order valence-corrected chi connectivity index (χ1v) is 6.96. The molecule has 0 fully saturated rings. The standard InChI is InChI=1S/C16H15ClN2O3/c1-10(22-14-7-3-5-12(17)9-14)16(21)19-13-6-2-4-11(8-13)15(18)20/h2-10H,1H3,(H2,18,20)(H,19,21)/t10-/m1/s1. The highest BCUT2D eigenvalue weighted by molar-refractivity contribution is 6.30. The van der Waals surface area contributed by atoms with Crippen LogP contribution in [0.4, 0.5) is 5.69 Å². The fourth-order valence-corrected chi connectivity index (χ4v) is 1.97. The summed E-state index contributed by atoms with van der Waals surface area (Å²) in [6.07, 6.45) is -0.726. The molecule has 0 heterocycles. The summed E-state index contributed by atoms with van der Waals surface area (Å²) in [6, 6.07) is 13.2. The van der Waals surface area contributed by atoms with Gasteiger partial charge >= 0.3 is 0 Å². The molecule has 0 aromatic heterocycles. The number of halogens is 1.